The molecular formula is C12H16BrNO2S. The Bertz CT molecular complexity index is 421. The highest BCUT2D eigenvalue weighted by Gasteiger charge is 2.28. The van der Waals surface area contributed by atoms with Crippen LogP contribution in [0.1, 0.15) is 13.8 Å². The number of carbonyl (C=O) groups excluding carboxylic acids is 1. The zero-order valence-electron chi connectivity index (χ0n) is 10.1. The first-order chi connectivity index (χ1) is 7.86. The Hall–Kier alpha value is -0.680. The summed E-state index contributed by atoms with van der Waals surface area (Å²) >= 11 is 4.95. The van der Waals surface area contributed by atoms with E-state index in [1.54, 1.807) is 11.8 Å². The van der Waals surface area contributed by atoms with Crippen LogP contribution in [-0.4, -0.2) is 18.8 Å². The fourth-order valence-electron chi connectivity index (χ4n) is 1.23. The van der Waals surface area contributed by atoms with Gasteiger partial charge >= 0.3 is 5.97 Å². The molecule has 0 fully saturated rings. The number of hydrogen-bond donors (Lipinski definition) is 1. The van der Waals surface area contributed by atoms with Gasteiger partial charge in [-0.05, 0) is 32.0 Å². The van der Waals surface area contributed by atoms with E-state index in [1.165, 1.54) is 7.11 Å². The van der Waals surface area contributed by atoms with Gasteiger partial charge in [0.2, 0.25) is 0 Å². The number of anilines is 1. The van der Waals surface area contributed by atoms with Crippen molar-refractivity contribution in [2.24, 2.45) is 5.41 Å². The first-order valence-electron chi connectivity index (χ1n) is 5.13. The second-order valence-electron chi connectivity index (χ2n) is 4.35. The molecule has 1 aromatic carbocycles. The summed E-state index contributed by atoms with van der Waals surface area (Å²) in [6.07, 6.45) is 0. The number of nitrogen functional groups attached to an aromatic ring is 1. The molecule has 0 aromatic heterocycles. The lowest BCUT2D eigenvalue weighted by Gasteiger charge is -2.21. The van der Waals surface area contributed by atoms with Crippen LogP contribution in [0.3, 0.4) is 0 Å². The standard InChI is InChI=1S/C12H16BrNO2S/c1-12(2,11(15)16-3)7-17-10-6-8(13)4-5-9(10)14/h4-6H,7,14H2,1-3H3. The Balaban J connectivity index is 2.73. The van der Waals surface area contributed by atoms with Gasteiger partial charge in [0.15, 0.2) is 0 Å². The van der Waals surface area contributed by atoms with Gasteiger partial charge in [-0.25, -0.2) is 0 Å². The van der Waals surface area contributed by atoms with Crippen molar-refractivity contribution in [3.05, 3.63) is 22.7 Å². The van der Waals surface area contributed by atoms with Crippen molar-refractivity contribution >= 4 is 39.3 Å². The van der Waals surface area contributed by atoms with Crippen LogP contribution in [0.5, 0.6) is 0 Å². The number of ether oxygens (including phenoxy) is 1. The molecule has 3 nitrogen and oxygen atoms in total. The Morgan fingerprint density at radius 3 is 2.76 bits per heavy atom. The van der Waals surface area contributed by atoms with E-state index >= 15 is 0 Å². The Morgan fingerprint density at radius 2 is 2.18 bits per heavy atom. The van der Waals surface area contributed by atoms with Crippen LogP contribution in [-0.2, 0) is 9.53 Å². The van der Waals surface area contributed by atoms with Gasteiger partial charge < -0.3 is 10.5 Å². The number of methoxy groups -OCH3 is 1. The average molecular weight is 318 g/mol. The molecule has 0 atom stereocenters. The number of thioether (sulfide) groups is 1. The van der Waals surface area contributed by atoms with Gasteiger partial charge in [-0.15, -0.1) is 11.8 Å². The number of rotatable bonds is 4. The Kier molecular flexibility index (Phi) is 4.89. The summed E-state index contributed by atoms with van der Waals surface area (Å²) < 4.78 is 5.74. The molecule has 0 heterocycles. The first-order valence-corrected chi connectivity index (χ1v) is 6.91. The molecule has 1 rings (SSSR count). The third-order valence-corrected chi connectivity index (χ3v) is 4.33. The molecule has 0 radical (unpaired) electrons. The van der Waals surface area contributed by atoms with Gasteiger partial charge in [-0.2, -0.15) is 0 Å². The van der Waals surface area contributed by atoms with Gasteiger partial charge in [-0.3, -0.25) is 4.79 Å². The molecule has 94 valence electrons. The third-order valence-electron chi connectivity index (χ3n) is 2.30. The molecule has 0 aliphatic carbocycles. The van der Waals surface area contributed by atoms with Crippen LogP contribution in [0.15, 0.2) is 27.6 Å². The predicted octanol–water partition coefficient (Wildman–Crippen LogP) is 3.32. The first kappa shape index (κ1) is 14.4. The van der Waals surface area contributed by atoms with Crippen LogP contribution >= 0.6 is 27.7 Å². The van der Waals surface area contributed by atoms with Crippen LogP contribution in [0.4, 0.5) is 5.69 Å². The normalized spacial score (nSPS) is 11.3. The van der Waals surface area contributed by atoms with Crippen molar-refractivity contribution in [3.63, 3.8) is 0 Å². The summed E-state index contributed by atoms with van der Waals surface area (Å²) in [6, 6.07) is 5.69. The predicted molar refractivity (Wildman–Crippen MR) is 75.1 cm³/mol. The molecule has 0 aliphatic rings. The van der Waals surface area contributed by atoms with Crippen molar-refractivity contribution in [2.45, 2.75) is 18.7 Å². The van der Waals surface area contributed by atoms with E-state index < -0.39 is 5.41 Å². The minimum atomic E-state index is -0.520. The molecule has 1 aromatic rings. The second-order valence-corrected chi connectivity index (χ2v) is 6.28. The van der Waals surface area contributed by atoms with E-state index in [0.29, 0.717) is 5.75 Å². The van der Waals surface area contributed by atoms with Gasteiger partial charge in [0.05, 0.1) is 12.5 Å². The maximum absolute atomic E-state index is 11.5. The largest absolute Gasteiger partial charge is 0.469 e. The molecule has 0 bridgehead atoms. The SMILES string of the molecule is COC(=O)C(C)(C)CSc1cc(Br)ccc1N. The fraction of sp³-hybridized carbons (Fsp3) is 0.417. The second kappa shape index (κ2) is 5.78. The van der Waals surface area contributed by atoms with Crippen molar-refractivity contribution in [1.82, 2.24) is 0 Å². The molecular weight excluding hydrogens is 302 g/mol. The highest BCUT2D eigenvalue weighted by Crippen LogP contribution is 2.33. The maximum atomic E-state index is 11.5. The smallest absolute Gasteiger partial charge is 0.312 e. The van der Waals surface area contributed by atoms with Gasteiger partial charge in [0, 0.05) is 20.8 Å². The van der Waals surface area contributed by atoms with E-state index in [0.717, 1.165) is 15.1 Å². The quantitative estimate of drug-likeness (QED) is 0.526. The molecule has 17 heavy (non-hydrogen) atoms. The highest BCUT2D eigenvalue weighted by molar-refractivity contribution is 9.10. The summed E-state index contributed by atoms with van der Waals surface area (Å²) in [5, 5.41) is 0. The van der Waals surface area contributed by atoms with E-state index in [2.05, 4.69) is 15.9 Å². The molecule has 0 spiro atoms. The van der Waals surface area contributed by atoms with E-state index in [-0.39, 0.29) is 5.97 Å². The molecule has 0 saturated heterocycles. The van der Waals surface area contributed by atoms with E-state index in [4.69, 9.17) is 10.5 Å². The minimum absolute atomic E-state index is 0.210. The average Bonchev–Trinajstić information content (AvgIpc) is 2.29. The van der Waals surface area contributed by atoms with Crippen molar-refractivity contribution in [2.75, 3.05) is 18.6 Å². The highest BCUT2D eigenvalue weighted by atomic mass is 79.9. The summed E-state index contributed by atoms with van der Waals surface area (Å²) in [6.45, 7) is 3.72. The number of esters is 1. The lowest BCUT2D eigenvalue weighted by molar-refractivity contribution is -0.149. The van der Waals surface area contributed by atoms with Crippen LogP contribution in [0.25, 0.3) is 0 Å². The monoisotopic (exact) mass is 317 g/mol. The van der Waals surface area contributed by atoms with Gasteiger partial charge in [0.1, 0.15) is 0 Å². The lowest BCUT2D eigenvalue weighted by Crippen LogP contribution is -2.28. The molecule has 5 heteroatoms. The minimum Gasteiger partial charge on any atom is -0.469 e. The number of halogens is 1. The molecule has 0 amide bonds. The van der Waals surface area contributed by atoms with Crippen LogP contribution in [0.2, 0.25) is 0 Å². The summed E-state index contributed by atoms with van der Waals surface area (Å²) in [5.74, 6) is 0.416. The van der Waals surface area contributed by atoms with Crippen molar-refractivity contribution in [1.29, 1.82) is 0 Å². The fourth-order valence-corrected chi connectivity index (χ4v) is 2.82. The zero-order valence-corrected chi connectivity index (χ0v) is 12.5. The molecule has 0 unspecified atom stereocenters. The molecule has 0 saturated carbocycles. The number of hydrogen-bond acceptors (Lipinski definition) is 4. The topological polar surface area (TPSA) is 52.3 Å². The Labute approximate surface area is 114 Å². The van der Waals surface area contributed by atoms with Gasteiger partial charge in [0.25, 0.3) is 0 Å². The van der Waals surface area contributed by atoms with Crippen molar-refractivity contribution in [3.8, 4) is 0 Å². The number of benzene rings is 1. The zero-order chi connectivity index (χ0) is 13.1. The number of carbonyl (C=O) groups is 1. The molecule has 0 aliphatic heterocycles. The molecule has 2 N–H and O–H groups in total. The van der Waals surface area contributed by atoms with Crippen LogP contribution in [0, 0.1) is 5.41 Å². The lowest BCUT2D eigenvalue weighted by atomic mass is 9.97. The van der Waals surface area contributed by atoms with Gasteiger partial charge in [-0.1, -0.05) is 15.9 Å². The number of nitrogens with two attached hydrogens (primary N) is 1. The van der Waals surface area contributed by atoms with E-state index in [9.17, 15) is 4.79 Å². The third kappa shape index (κ3) is 3.92. The van der Waals surface area contributed by atoms with E-state index in [1.807, 2.05) is 32.0 Å². The van der Waals surface area contributed by atoms with Crippen molar-refractivity contribution < 1.29 is 9.53 Å². The summed E-state index contributed by atoms with van der Waals surface area (Å²) in [7, 11) is 1.40. The summed E-state index contributed by atoms with van der Waals surface area (Å²) in [5.41, 5.74) is 6.07. The van der Waals surface area contributed by atoms with Crippen LogP contribution < -0.4 is 5.73 Å². The summed E-state index contributed by atoms with van der Waals surface area (Å²) in [4.78, 5) is 12.5. The maximum Gasteiger partial charge on any atom is 0.312 e. The Morgan fingerprint density at radius 1 is 1.53 bits per heavy atom.